The Kier molecular flexibility index (Phi) is 2.33. The molecule has 0 unspecified atom stereocenters. The van der Waals surface area contributed by atoms with E-state index in [9.17, 15) is 9.90 Å². The normalized spacial score (nSPS) is 12.7. The second-order valence-electron chi connectivity index (χ2n) is 6.66. The molecule has 0 fully saturated rings. The van der Waals surface area contributed by atoms with Crippen LogP contribution in [-0.2, 0) is 5.41 Å². The number of hydrogen-bond donors (Lipinski definition) is 1. The molecular weight excluding hydrogens is 278 g/mol. The van der Waals surface area contributed by atoms with Crippen LogP contribution >= 0.6 is 0 Å². The molecule has 0 amide bonds. The van der Waals surface area contributed by atoms with Gasteiger partial charge in [0.2, 0.25) is 0 Å². The van der Waals surface area contributed by atoms with Crippen molar-refractivity contribution in [2.24, 2.45) is 0 Å². The first kappa shape index (κ1) is 13.0. The van der Waals surface area contributed by atoms with Crippen molar-refractivity contribution >= 4 is 17.3 Å². The van der Waals surface area contributed by atoms with E-state index in [1.807, 2.05) is 59.1 Å². The number of phenolic OH excluding ortho intramolecular Hbond substituents is 1. The fraction of sp³-hybridized carbons (Fsp3) is 0.235. The highest BCUT2D eigenvalue weighted by molar-refractivity contribution is 5.81. The molecule has 0 saturated heterocycles. The zero-order chi connectivity index (χ0) is 15.6. The van der Waals surface area contributed by atoms with Gasteiger partial charge < -0.3 is 5.11 Å². The lowest BCUT2D eigenvalue weighted by Gasteiger charge is -2.21. The quantitative estimate of drug-likeness (QED) is 0.577. The van der Waals surface area contributed by atoms with Crippen LogP contribution in [0.5, 0.6) is 5.75 Å². The van der Waals surface area contributed by atoms with Gasteiger partial charge in [0.15, 0.2) is 0 Å². The molecule has 0 bridgehead atoms. The van der Waals surface area contributed by atoms with E-state index in [1.165, 1.54) is 0 Å². The third-order valence-corrected chi connectivity index (χ3v) is 4.09. The lowest BCUT2D eigenvalue weighted by molar-refractivity contribution is 0.112. The van der Waals surface area contributed by atoms with Crippen LogP contribution in [0.25, 0.3) is 16.7 Å². The van der Waals surface area contributed by atoms with Gasteiger partial charge in [0.05, 0.1) is 0 Å². The monoisotopic (exact) mass is 295 g/mol. The molecule has 22 heavy (non-hydrogen) atoms. The van der Waals surface area contributed by atoms with Crippen LogP contribution in [0.1, 0.15) is 36.7 Å². The first-order valence-electron chi connectivity index (χ1n) is 7.25. The van der Waals surface area contributed by atoms with Crippen molar-refractivity contribution in [3.8, 4) is 11.4 Å². The van der Waals surface area contributed by atoms with Crippen LogP contribution < -0.4 is 0 Å². The lowest BCUT2D eigenvalue weighted by Crippen LogP contribution is -2.13. The van der Waals surface area contributed by atoms with E-state index < -0.39 is 0 Å². The summed E-state index contributed by atoms with van der Waals surface area (Å²) in [6, 6.07) is 11.5. The number of aromatic nitrogens is 3. The summed E-state index contributed by atoms with van der Waals surface area (Å²) in [5.74, 6) is 0.221. The Morgan fingerprint density at radius 1 is 1.05 bits per heavy atom. The van der Waals surface area contributed by atoms with Crippen LogP contribution in [0.4, 0.5) is 0 Å². The summed E-state index contributed by atoms with van der Waals surface area (Å²) in [7, 11) is 0. The molecule has 0 saturated carbocycles. The summed E-state index contributed by atoms with van der Waals surface area (Å²) in [5.41, 5.74) is 3.90. The molecule has 2 aromatic heterocycles. The topological polar surface area (TPSA) is 51.0 Å². The molecule has 0 aliphatic rings. The third kappa shape index (κ3) is 1.56. The zero-order valence-corrected chi connectivity index (χ0v) is 12.7. The highest BCUT2D eigenvalue weighted by Crippen LogP contribution is 2.38. The third-order valence-electron chi connectivity index (χ3n) is 4.09. The molecule has 0 aliphatic carbocycles. The summed E-state index contributed by atoms with van der Waals surface area (Å²) in [5, 5.41) is 10.7. The predicted octanol–water partition coefficient (Wildman–Crippen LogP) is 3.24. The van der Waals surface area contributed by atoms with Gasteiger partial charge in [-0.25, -0.2) is 0 Å². The van der Waals surface area contributed by atoms with Crippen LogP contribution in [0, 0.1) is 0 Å². The van der Waals surface area contributed by atoms with E-state index in [0.29, 0.717) is 11.3 Å². The van der Waals surface area contributed by atoms with Crippen molar-refractivity contribution in [2.45, 2.75) is 26.2 Å². The van der Waals surface area contributed by atoms with E-state index in [-0.39, 0.29) is 11.2 Å². The van der Waals surface area contributed by atoms with Crippen LogP contribution in [0.15, 0.2) is 36.4 Å². The molecule has 0 radical (unpaired) electrons. The number of hydrogen-bond acceptors (Lipinski definition) is 2. The minimum absolute atomic E-state index is 0.221. The predicted molar refractivity (Wildman–Crippen MR) is 84.6 cm³/mol. The van der Waals surface area contributed by atoms with Gasteiger partial charge in [0.1, 0.15) is 28.8 Å². The number of aromatic hydroxyl groups is 1. The molecule has 0 aliphatic heterocycles. The first-order valence-corrected chi connectivity index (χ1v) is 7.25. The van der Waals surface area contributed by atoms with Crippen molar-refractivity contribution in [1.29, 1.82) is 0 Å². The maximum atomic E-state index is 11.3. The number of benzene rings is 2. The molecule has 5 heteroatoms. The molecule has 112 valence electrons. The fourth-order valence-corrected chi connectivity index (χ4v) is 2.93. The Bertz CT molecular complexity index is 953. The SMILES string of the molecule is CC(C)(C)c1cc(C=O)cc(-n2n3c4ccccc4n23)c1O. The number of carbonyl (C=O) groups is 1. The average Bonchev–Trinajstić information content (AvgIpc) is 3.12. The van der Waals surface area contributed by atoms with Gasteiger partial charge in [-0.15, -0.1) is 14.1 Å². The Hall–Kier alpha value is -2.69. The molecule has 2 heterocycles. The van der Waals surface area contributed by atoms with Crippen molar-refractivity contribution < 1.29 is 9.90 Å². The fourth-order valence-electron chi connectivity index (χ4n) is 2.93. The number of nitrogens with zero attached hydrogens (tertiary/aromatic N) is 3. The smallest absolute Gasteiger partial charge is 0.150 e. The summed E-state index contributed by atoms with van der Waals surface area (Å²) >= 11 is 0. The largest absolute Gasteiger partial charge is 0.505 e. The van der Waals surface area contributed by atoms with Gasteiger partial charge in [0.25, 0.3) is 0 Å². The molecule has 2 aromatic carbocycles. The summed E-state index contributed by atoms with van der Waals surface area (Å²) in [6.07, 6.45) is 0.821. The van der Waals surface area contributed by atoms with Crippen molar-refractivity contribution in [2.75, 3.05) is 0 Å². The van der Waals surface area contributed by atoms with Crippen LogP contribution in [0.3, 0.4) is 0 Å². The number of rotatable bonds is 2. The standard InChI is InChI=1S/C17H17N3O2/c1-17(2,3)12-8-11(10-21)9-15(16(12)22)20-18-13-6-4-5-7-14(13)19(18)20/h4-10,22H,1-3H3. The van der Waals surface area contributed by atoms with Crippen molar-refractivity contribution in [3.63, 3.8) is 0 Å². The number of aldehydes is 1. The van der Waals surface area contributed by atoms with E-state index in [0.717, 1.165) is 22.9 Å². The second kappa shape index (κ2) is 3.94. The molecule has 4 rings (SSSR count). The van der Waals surface area contributed by atoms with Gasteiger partial charge in [-0.3, -0.25) is 4.79 Å². The highest BCUT2D eigenvalue weighted by atomic mass is 16.3. The van der Waals surface area contributed by atoms with Crippen LogP contribution in [-0.4, -0.2) is 25.4 Å². The van der Waals surface area contributed by atoms with E-state index in [1.54, 1.807) is 12.1 Å². The average molecular weight is 295 g/mol. The highest BCUT2D eigenvalue weighted by Gasteiger charge is 2.29. The van der Waals surface area contributed by atoms with Crippen molar-refractivity contribution in [3.05, 3.63) is 47.5 Å². The Labute approximate surface area is 127 Å². The summed E-state index contributed by atoms with van der Waals surface area (Å²) < 4.78 is 3.93. The maximum Gasteiger partial charge on any atom is 0.150 e. The molecule has 1 N–H and O–H groups in total. The molecule has 0 spiro atoms. The molecule has 4 aromatic rings. The minimum atomic E-state index is -0.246. The van der Waals surface area contributed by atoms with Crippen LogP contribution in [0.2, 0.25) is 0 Å². The van der Waals surface area contributed by atoms with E-state index in [2.05, 4.69) is 0 Å². The molecule has 5 nitrogen and oxygen atoms in total. The number of fused-ring (bicyclic) bond motifs is 4. The van der Waals surface area contributed by atoms with Gasteiger partial charge >= 0.3 is 0 Å². The number of phenols is 1. The molecule has 0 atom stereocenters. The second-order valence-corrected chi connectivity index (χ2v) is 6.66. The summed E-state index contributed by atoms with van der Waals surface area (Å²) in [4.78, 5) is 13.1. The molecular formula is C17H17N3O2. The van der Waals surface area contributed by atoms with Gasteiger partial charge in [-0.05, 0) is 29.7 Å². The summed E-state index contributed by atoms with van der Waals surface area (Å²) in [6.45, 7) is 6.06. The number of carbonyl (C=O) groups excluding carboxylic acids is 1. The minimum Gasteiger partial charge on any atom is -0.505 e. The Morgan fingerprint density at radius 3 is 2.14 bits per heavy atom. The van der Waals surface area contributed by atoms with Gasteiger partial charge in [-0.2, -0.15) is 0 Å². The number of para-hydroxylation sites is 2. The van der Waals surface area contributed by atoms with Gasteiger partial charge in [0, 0.05) is 11.1 Å². The van der Waals surface area contributed by atoms with Gasteiger partial charge in [-0.1, -0.05) is 32.9 Å². The van der Waals surface area contributed by atoms with Crippen molar-refractivity contribution in [1.82, 2.24) is 14.1 Å². The maximum absolute atomic E-state index is 11.3. The lowest BCUT2D eigenvalue weighted by atomic mass is 9.85. The van der Waals surface area contributed by atoms with E-state index in [4.69, 9.17) is 0 Å². The zero-order valence-electron chi connectivity index (χ0n) is 12.7. The van der Waals surface area contributed by atoms with E-state index >= 15 is 0 Å². The Morgan fingerprint density at radius 2 is 1.64 bits per heavy atom. The first-order chi connectivity index (χ1) is 10.4. The Balaban J connectivity index is 1.98.